The van der Waals surface area contributed by atoms with E-state index in [2.05, 4.69) is 12.2 Å². The lowest BCUT2D eigenvalue weighted by molar-refractivity contribution is -0.110. The quantitative estimate of drug-likeness (QED) is 0.590. The zero-order valence-electron chi connectivity index (χ0n) is 8.92. The van der Waals surface area contributed by atoms with Gasteiger partial charge in [0.05, 0.1) is 0 Å². The minimum atomic E-state index is 0.0345. The van der Waals surface area contributed by atoms with Gasteiger partial charge in [-0.25, -0.2) is 0 Å². The Hall–Kier alpha value is -1.57. The standard InChI is InChI=1S/C13H15NO/c1-2-3-4-8-11-10-7-5-6-9-12(10)14-13(11)15/h5-9H,2-4H2,1H3,(H,14,15)/b11-8-. The van der Waals surface area contributed by atoms with Crippen LogP contribution in [0.15, 0.2) is 30.3 Å². The second-order valence-electron chi connectivity index (χ2n) is 3.76. The monoisotopic (exact) mass is 201 g/mol. The molecule has 1 aromatic carbocycles. The number of carbonyl (C=O) groups is 1. The summed E-state index contributed by atoms with van der Waals surface area (Å²) < 4.78 is 0. The average molecular weight is 201 g/mol. The highest BCUT2D eigenvalue weighted by molar-refractivity contribution is 6.31. The van der Waals surface area contributed by atoms with E-state index in [1.807, 2.05) is 30.3 Å². The van der Waals surface area contributed by atoms with E-state index in [-0.39, 0.29) is 5.91 Å². The van der Waals surface area contributed by atoms with Gasteiger partial charge in [0, 0.05) is 16.8 Å². The van der Waals surface area contributed by atoms with Crippen LogP contribution in [0.2, 0.25) is 0 Å². The highest BCUT2D eigenvalue weighted by Gasteiger charge is 2.22. The number of fused-ring (bicyclic) bond motifs is 1. The van der Waals surface area contributed by atoms with E-state index in [0.717, 1.165) is 36.1 Å². The van der Waals surface area contributed by atoms with Gasteiger partial charge in [-0.15, -0.1) is 0 Å². The Bertz CT molecular complexity index is 407. The molecule has 1 aliphatic heterocycles. The molecule has 1 aromatic rings. The fourth-order valence-corrected chi connectivity index (χ4v) is 1.79. The Kier molecular flexibility index (Phi) is 2.86. The maximum atomic E-state index is 11.6. The summed E-state index contributed by atoms with van der Waals surface area (Å²) in [5.74, 6) is 0.0345. The number of unbranched alkanes of at least 4 members (excludes halogenated alkanes) is 2. The number of carbonyl (C=O) groups excluding carboxylic acids is 1. The van der Waals surface area contributed by atoms with Crippen LogP contribution >= 0.6 is 0 Å². The molecule has 0 saturated heterocycles. The van der Waals surface area contributed by atoms with Crippen LogP contribution in [0.3, 0.4) is 0 Å². The molecular formula is C13H15NO. The Morgan fingerprint density at radius 3 is 2.93 bits per heavy atom. The smallest absolute Gasteiger partial charge is 0.256 e. The summed E-state index contributed by atoms with van der Waals surface area (Å²) in [5, 5.41) is 2.87. The molecule has 1 aliphatic rings. The number of hydrogen-bond acceptors (Lipinski definition) is 1. The minimum Gasteiger partial charge on any atom is -0.321 e. The van der Waals surface area contributed by atoms with Gasteiger partial charge >= 0.3 is 0 Å². The first-order valence-electron chi connectivity index (χ1n) is 5.44. The lowest BCUT2D eigenvalue weighted by atomic mass is 10.1. The molecule has 0 atom stereocenters. The van der Waals surface area contributed by atoms with Crippen molar-refractivity contribution >= 4 is 17.2 Å². The molecule has 0 bridgehead atoms. The maximum Gasteiger partial charge on any atom is 0.256 e. The van der Waals surface area contributed by atoms with Crippen LogP contribution in [0, 0.1) is 0 Å². The Morgan fingerprint density at radius 2 is 2.13 bits per heavy atom. The maximum absolute atomic E-state index is 11.6. The van der Waals surface area contributed by atoms with Gasteiger partial charge in [-0.1, -0.05) is 44.0 Å². The van der Waals surface area contributed by atoms with Crippen molar-refractivity contribution in [3.8, 4) is 0 Å². The molecule has 1 N–H and O–H groups in total. The van der Waals surface area contributed by atoms with E-state index < -0.39 is 0 Å². The average Bonchev–Trinajstić information content (AvgIpc) is 2.56. The summed E-state index contributed by atoms with van der Waals surface area (Å²) in [6.45, 7) is 2.15. The van der Waals surface area contributed by atoms with Crippen LogP contribution in [-0.2, 0) is 4.79 Å². The molecule has 2 heteroatoms. The summed E-state index contributed by atoms with van der Waals surface area (Å²) >= 11 is 0. The van der Waals surface area contributed by atoms with Crippen LogP contribution in [0.25, 0.3) is 5.57 Å². The van der Waals surface area contributed by atoms with E-state index in [4.69, 9.17) is 0 Å². The number of amides is 1. The van der Waals surface area contributed by atoms with Gasteiger partial charge in [0.1, 0.15) is 0 Å². The highest BCUT2D eigenvalue weighted by atomic mass is 16.1. The van der Waals surface area contributed by atoms with Gasteiger partial charge in [-0.3, -0.25) is 4.79 Å². The molecule has 0 unspecified atom stereocenters. The van der Waals surface area contributed by atoms with Crippen molar-refractivity contribution in [1.29, 1.82) is 0 Å². The van der Waals surface area contributed by atoms with E-state index in [9.17, 15) is 4.79 Å². The molecule has 0 spiro atoms. The van der Waals surface area contributed by atoms with Crippen molar-refractivity contribution in [2.45, 2.75) is 26.2 Å². The van der Waals surface area contributed by atoms with E-state index >= 15 is 0 Å². The summed E-state index contributed by atoms with van der Waals surface area (Å²) in [6, 6.07) is 7.83. The summed E-state index contributed by atoms with van der Waals surface area (Å²) in [6.07, 6.45) is 5.32. The molecule has 0 saturated carbocycles. The number of para-hydroxylation sites is 1. The summed E-state index contributed by atoms with van der Waals surface area (Å²) in [5.41, 5.74) is 2.81. The third-order valence-corrected chi connectivity index (χ3v) is 2.62. The molecular weight excluding hydrogens is 186 g/mol. The van der Waals surface area contributed by atoms with Gasteiger partial charge in [0.15, 0.2) is 0 Å². The largest absolute Gasteiger partial charge is 0.321 e. The van der Waals surface area contributed by atoms with Gasteiger partial charge < -0.3 is 5.32 Å². The zero-order valence-corrected chi connectivity index (χ0v) is 8.92. The first-order valence-corrected chi connectivity index (χ1v) is 5.44. The number of anilines is 1. The summed E-state index contributed by atoms with van der Waals surface area (Å²) in [7, 11) is 0. The van der Waals surface area contributed by atoms with Crippen molar-refractivity contribution in [1.82, 2.24) is 0 Å². The molecule has 0 aromatic heterocycles. The molecule has 0 aliphatic carbocycles. The number of nitrogens with one attached hydrogen (secondary N) is 1. The molecule has 15 heavy (non-hydrogen) atoms. The van der Waals surface area contributed by atoms with Crippen LogP contribution in [0.5, 0.6) is 0 Å². The normalized spacial score (nSPS) is 16.6. The molecule has 1 heterocycles. The lowest BCUT2D eigenvalue weighted by Crippen LogP contribution is -2.03. The first-order chi connectivity index (χ1) is 7.33. The number of hydrogen-bond donors (Lipinski definition) is 1. The van der Waals surface area contributed by atoms with Crippen molar-refractivity contribution in [3.63, 3.8) is 0 Å². The van der Waals surface area contributed by atoms with Crippen LogP contribution in [-0.4, -0.2) is 5.91 Å². The summed E-state index contributed by atoms with van der Waals surface area (Å²) in [4.78, 5) is 11.6. The van der Waals surface area contributed by atoms with E-state index in [0.29, 0.717) is 0 Å². The van der Waals surface area contributed by atoms with E-state index in [1.54, 1.807) is 0 Å². The predicted octanol–water partition coefficient (Wildman–Crippen LogP) is 3.21. The first kappa shape index (κ1) is 9.97. The molecule has 0 fully saturated rings. The van der Waals surface area contributed by atoms with Crippen molar-refractivity contribution in [2.75, 3.05) is 5.32 Å². The Balaban J connectivity index is 2.26. The molecule has 2 rings (SSSR count). The fraction of sp³-hybridized carbons (Fsp3) is 0.308. The number of rotatable bonds is 3. The number of benzene rings is 1. The van der Waals surface area contributed by atoms with Gasteiger partial charge in [-0.2, -0.15) is 0 Å². The fourth-order valence-electron chi connectivity index (χ4n) is 1.79. The van der Waals surface area contributed by atoms with Gasteiger partial charge in [0.25, 0.3) is 5.91 Å². The van der Waals surface area contributed by atoms with Crippen molar-refractivity contribution in [2.24, 2.45) is 0 Å². The zero-order chi connectivity index (χ0) is 10.7. The second kappa shape index (κ2) is 4.30. The minimum absolute atomic E-state index is 0.0345. The molecule has 2 nitrogen and oxygen atoms in total. The van der Waals surface area contributed by atoms with Crippen LogP contribution in [0.1, 0.15) is 31.7 Å². The number of allylic oxidation sites excluding steroid dienone is 1. The van der Waals surface area contributed by atoms with Crippen molar-refractivity contribution in [3.05, 3.63) is 35.9 Å². The second-order valence-corrected chi connectivity index (χ2v) is 3.76. The molecule has 0 radical (unpaired) electrons. The Labute approximate surface area is 90.0 Å². The predicted molar refractivity (Wildman–Crippen MR) is 62.6 cm³/mol. The topological polar surface area (TPSA) is 29.1 Å². The van der Waals surface area contributed by atoms with E-state index in [1.165, 1.54) is 0 Å². The van der Waals surface area contributed by atoms with Crippen molar-refractivity contribution < 1.29 is 4.79 Å². The third kappa shape index (κ3) is 1.94. The SMILES string of the molecule is CCCC/C=C1\C(=O)Nc2ccccc21. The lowest BCUT2D eigenvalue weighted by Gasteiger charge is -1.96. The Morgan fingerprint density at radius 1 is 1.33 bits per heavy atom. The third-order valence-electron chi connectivity index (χ3n) is 2.62. The van der Waals surface area contributed by atoms with Crippen LogP contribution in [0.4, 0.5) is 5.69 Å². The molecule has 78 valence electrons. The highest BCUT2D eigenvalue weighted by Crippen LogP contribution is 2.31. The molecule has 1 amide bonds. The van der Waals surface area contributed by atoms with Crippen LogP contribution < -0.4 is 5.32 Å². The van der Waals surface area contributed by atoms with Gasteiger partial charge in [-0.05, 0) is 12.5 Å². The van der Waals surface area contributed by atoms with Gasteiger partial charge in [0.2, 0.25) is 0 Å².